The van der Waals surface area contributed by atoms with E-state index in [1.54, 1.807) is 6.20 Å². The van der Waals surface area contributed by atoms with E-state index in [9.17, 15) is 13.2 Å². The predicted molar refractivity (Wildman–Crippen MR) is 65.2 cm³/mol. The van der Waals surface area contributed by atoms with Gasteiger partial charge in [-0.1, -0.05) is 0 Å². The first kappa shape index (κ1) is 13.6. The molecule has 0 bridgehead atoms. The monoisotopic (exact) mass is 279 g/mol. The smallest absolute Gasteiger partial charge is 0.375 e. The first-order valence-electron chi connectivity index (χ1n) is 5.95. The molecule has 0 saturated heterocycles. The summed E-state index contributed by atoms with van der Waals surface area (Å²) in [5.74, 6) is -1.12. The lowest BCUT2D eigenvalue weighted by atomic mass is 9.85. The highest BCUT2D eigenvalue weighted by Gasteiger charge is 2.41. The standard InChI is InChI=1S/C11H16F3N3S/c12-11(13,14)7-1-3-8(4-2-7)16-5-9-6-17-10(15)18-9/h6-8,16H,1-5H2,(H2,15,17). The van der Waals surface area contributed by atoms with Crippen LogP contribution in [0.2, 0.25) is 0 Å². The summed E-state index contributed by atoms with van der Waals surface area (Å²) in [6.07, 6.45) is -0.708. The first-order chi connectivity index (χ1) is 8.45. The molecule has 1 aliphatic carbocycles. The van der Waals surface area contributed by atoms with Crippen LogP contribution in [-0.4, -0.2) is 17.2 Å². The minimum atomic E-state index is -4.03. The van der Waals surface area contributed by atoms with Crippen molar-refractivity contribution in [2.75, 3.05) is 5.73 Å². The molecule has 0 amide bonds. The molecule has 2 rings (SSSR count). The average molecular weight is 279 g/mol. The molecule has 1 heterocycles. The molecule has 18 heavy (non-hydrogen) atoms. The zero-order valence-corrected chi connectivity index (χ0v) is 10.7. The van der Waals surface area contributed by atoms with Gasteiger partial charge in [-0.05, 0) is 25.7 Å². The highest BCUT2D eigenvalue weighted by molar-refractivity contribution is 7.15. The molecule has 0 spiro atoms. The molecule has 1 saturated carbocycles. The number of anilines is 1. The van der Waals surface area contributed by atoms with E-state index in [1.165, 1.54) is 11.3 Å². The summed E-state index contributed by atoms with van der Waals surface area (Å²) in [5, 5.41) is 3.79. The van der Waals surface area contributed by atoms with Gasteiger partial charge in [0, 0.05) is 23.7 Å². The van der Waals surface area contributed by atoms with Gasteiger partial charge in [0.25, 0.3) is 0 Å². The molecule has 0 aromatic carbocycles. The van der Waals surface area contributed by atoms with Crippen LogP contribution in [0.5, 0.6) is 0 Å². The van der Waals surface area contributed by atoms with Crippen LogP contribution in [0.25, 0.3) is 0 Å². The van der Waals surface area contributed by atoms with Crippen LogP contribution < -0.4 is 11.1 Å². The summed E-state index contributed by atoms with van der Waals surface area (Å²) in [7, 11) is 0. The van der Waals surface area contributed by atoms with Crippen molar-refractivity contribution < 1.29 is 13.2 Å². The van der Waals surface area contributed by atoms with Gasteiger partial charge in [0.2, 0.25) is 0 Å². The number of rotatable bonds is 3. The Hall–Kier alpha value is -0.820. The van der Waals surface area contributed by atoms with Crippen LogP contribution >= 0.6 is 11.3 Å². The zero-order valence-electron chi connectivity index (χ0n) is 9.83. The third-order valence-corrected chi connectivity index (χ3v) is 4.15. The summed E-state index contributed by atoms with van der Waals surface area (Å²) in [4.78, 5) is 4.95. The number of nitrogen functional groups attached to an aromatic ring is 1. The molecule has 1 fully saturated rings. The molecule has 3 nitrogen and oxygen atoms in total. The van der Waals surface area contributed by atoms with Gasteiger partial charge < -0.3 is 11.1 Å². The van der Waals surface area contributed by atoms with E-state index in [-0.39, 0.29) is 18.9 Å². The van der Waals surface area contributed by atoms with Crippen LogP contribution in [0.4, 0.5) is 18.3 Å². The molecular formula is C11H16F3N3S. The minimum absolute atomic E-state index is 0.173. The molecule has 1 aromatic heterocycles. The van der Waals surface area contributed by atoms with Gasteiger partial charge in [-0.25, -0.2) is 4.98 Å². The van der Waals surface area contributed by atoms with Gasteiger partial charge in [0.15, 0.2) is 5.13 Å². The van der Waals surface area contributed by atoms with E-state index in [0.29, 0.717) is 24.5 Å². The van der Waals surface area contributed by atoms with Gasteiger partial charge >= 0.3 is 6.18 Å². The van der Waals surface area contributed by atoms with E-state index < -0.39 is 12.1 Å². The van der Waals surface area contributed by atoms with Gasteiger partial charge in [0.05, 0.1) is 5.92 Å². The highest BCUT2D eigenvalue weighted by Crippen LogP contribution is 2.37. The largest absolute Gasteiger partial charge is 0.391 e. The molecule has 3 N–H and O–H groups in total. The van der Waals surface area contributed by atoms with Crippen molar-refractivity contribution in [1.29, 1.82) is 0 Å². The van der Waals surface area contributed by atoms with Crippen molar-refractivity contribution >= 4 is 16.5 Å². The van der Waals surface area contributed by atoms with Crippen molar-refractivity contribution in [2.24, 2.45) is 5.92 Å². The van der Waals surface area contributed by atoms with Crippen molar-refractivity contribution in [3.63, 3.8) is 0 Å². The molecule has 0 radical (unpaired) electrons. The Kier molecular flexibility index (Phi) is 4.11. The minimum Gasteiger partial charge on any atom is -0.375 e. The van der Waals surface area contributed by atoms with Crippen molar-refractivity contribution in [3.8, 4) is 0 Å². The fraction of sp³-hybridized carbons (Fsp3) is 0.727. The van der Waals surface area contributed by atoms with Crippen LogP contribution in [0.3, 0.4) is 0 Å². The van der Waals surface area contributed by atoms with E-state index in [4.69, 9.17) is 5.73 Å². The lowest BCUT2D eigenvalue weighted by Crippen LogP contribution is -2.36. The summed E-state index contributed by atoms with van der Waals surface area (Å²) < 4.78 is 37.4. The number of nitrogens with two attached hydrogens (primary N) is 1. The summed E-state index contributed by atoms with van der Waals surface area (Å²) in [5.41, 5.74) is 5.51. The van der Waals surface area contributed by atoms with E-state index in [2.05, 4.69) is 10.3 Å². The topological polar surface area (TPSA) is 50.9 Å². The third-order valence-electron chi connectivity index (χ3n) is 3.33. The average Bonchev–Trinajstić information content (AvgIpc) is 2.72. The van der Waals surface area contributed by atoms with Crippen molar-refractivity contribution in [2.45, 2.75) is 44.4 Å². The van der Waals surface area contributed by atoms with E-state index in [0.717, 1.165) is 4.88 Å². The Morgan fingerprint density at radius 1 is 1.33 bits per heavy atom. The number of thiazole rings is 1. The van der Waals surface area contributed by atoms with E-state index in [1.807, 2.05) is 0 Å². The lowest BCUT2D eigenvalue weighted by Gasteiger charge is -2.30. The molecule has 0 aliphatic heterocycles. The Morgan fingerprint density at radius 2 is 2.00 bits per heavy atom. The zero-order chi connectivity index (χ0) is 13.2. The van der Waals surface area contributed by atoms with Crippen LogP contribution in [-0.2, 0) is 6.54 Å². The maximum Gasteiger partial charge on any atom is 0.391 e. The number of aromatic nitrogens is 1. The number of halogens is 3. The molecule has 0 unspecified atom stereocenters. The fourth-order valence-electron chi connectivity index (χ4n) is 2.27. The second-order valence-corrected chi connectivity index (χ2v) is 5.78. The Labute approximate surface area is 108 Å². The fourth-order valence-corrected chi connectivity index (χ4v) is 2.91. The molecule has 0 atom stereocenters. The van der Waals surface area contributed by atoms with Gasteiger partial charge in [-0.3, -0.25) is 0 Å². The number of nitrogens with zero attached hydrogens (tertiary/aromatic N) is 1. The number of hydrogen-bond acceptors (Lipinski definition) is 4. The highest BCUT2D eigenvalue weighted by atomic mass is 32.1. The summed E-state index contributed by atoms with van der Waals surface area (Å²) in [6.45, 7) is 0.635. The Morgan fingerprint density at radius 3 is 2.50 bits per heavy atom. The molecule has 1 aliphatic rings. The van der Waals surface area contributed by atoms with Gasteiger partial charge in [-0.15, -0.1) is 11.3 Å². The SMILES string of the molecule is Nc1ncc(CNC2CCC(C(F)(F)F)CC2)s1. The number of hydrogen-bond donors (Lipinski definition) is 2. The third kappa shape index (κ3) is 3.58. The van der Waals surface area contributed by atoms with Crippen LogP contribution in [0, 0.1) is 5.92 Å². The Bertz CT molecular complexity index is 383. The van der Waals surface area contributed by atoms with Crippen LogP contribution in [0.15, 0.2) is 6.20 Å². The predicted octanol–water partition coefficient (Wildman–Crippen LogP) is 2.94. The van der Waals surface area contributed by atoms with E-state index >= 15 is 0 Å². The quantitative estimate of drug-likeness (QED) is 0.894. The Balaban J connectivity index is 1.74. The summed E-state index contributed by atoms with van der Waals surface area (Å²) >= 11 is 1.41. The normalized spacial score (nSPS) is 25.3. The second-order valence-electron chi connectivity index (χ2n) is 4.64. The second kappa shape index (κ2) is 5.44. The number of nitrogens with one attached hydrogen (secondary N) is 1. The lowest BCUT2D eigenvalue weighted by molar-refractivity contribution is -0.182. The molecule has 1 aromatic rings. The van der Waals surface area contributed by atoms with Crippen molar-refractivity contribution in [3.05, 3.63) is 11.1 Å². The van der Waals surface area contributed by atoms with Crippen molar-refractivity contribution in [1.82, 2.24) is 10.3 Å². The maximum absolute atomic E-state index is 12.5. The van der Waals surface area contributed by atoms with Gasteiger partial charge in [-0.2, -0.15) is 13.2 Å². The summed E-state index contributed by atoms with van der Waals surface area (Å²) in [6, 6.07) is 0.173. The number of alkyl halides is 3. The molecular weight excluding hydrogens is 263 g/mol. The molecule has 102 valence electrons. The maximum atomic E-state index is 12.5. The van der Waals surface area contributed by atoms with Gasteiger partial charge in [0.1, 0.15) is 0 Å². The van der Waals surface area contributed by atoms with Crippen LogP contribution in [0.1, 0.15) is 30.6 Å². The first-order valence-corrected chi connectivity index (χ1v) is 6.77. The molecule has 7 heteroatoms.